The third-order valence-electron chi connectivity index (χ3n) is 8.84. The van der Waals surface area contributed by atoms with Crippen molar-refractivity contribution >= 4 is 103 Å². The Morgan fingerprint density at radius 1 is 0.409 bits per heavy atom. The fourth-order valence-corrected chi connectivity index (χ4v) is 8.01. The van der Waals surface area contributed by atoms with Crippen molar-refractivity contribution in [1.82, 2.24) is 0 Å². The molecule has 44 heavy (non-hydrogen) atoms. The number of nitrogens with zero attached hydrogens (tertiary/aromatic N) is 1. The van der Waals surface area contributed by atoms with Gasteiger partial charge in [0.05, 0.1) is 0 Å². The first-order chi connectivity index (χ1) is 21.8. The first-order valence-electron chi connectivity index (χ1n) is 14.8. The Hall–Kier alpha value is -5.58. The maximum atomic E-state index is 6.61. The molecular weight excluding hydrogens is 559 g/mol. The molecule has 0 spiro atoms. The Bertz CT molecular complexity index is 2730. The quantitative estimate of drug-likeness (QED) is 0.208. The van der Waals surface area contributed by atoms with Crippen LogP contribution in [0.15, 0.2) is 148 Å². The van der Waals surface area contributed by atoms with Gasteiger partial charge in [0.25, 0.3) is 0 Å². The summed E-state index contributed by atoms with van der Waals surface area (Å²) >= 11 is 1.81. The summed E-state index contributed by atoms with van der Waals surface area (Å²) < 4.78 is 15.3. The number of hydrogen-bond acceptors (Lipinski definition) is 4. The van der Waals surface area contributed by atoms with Crippen LogP contribution in [0.5, 0.6) is 0 Å². The van der Waals surface area contributed by atoms with Crippen molar-refractivity contribution in [3.8, 4) is 0 Å². The van der Waals surface area contributed by atoms with Crippen LogP contribution < -0.4 is 4.90 Å². The average molecular weight is 582 g/mol. The predicted octanol–water partition coefficient (Wildman–Crippen LogP) is 12.5. The zero-order chi connectivity index (χ0) is 28.8. The number of para-hydroxylation sites is 2. The third kappa shape index (κ3) is 3.37. The summed E-state index contributed by atoms with van der Waals surface area (Å²) in [6.07, 6.45) is 0. The lowest BCUT2D eigenvalue weighted by Crippen LogP contribution is -2.09. The number of rotatable bonds is 3. The summed E-state index contributed by atoms with van der Waals surface area (Å²) in [6, 6.07) is 49.3. The van der Waals surface area contributed by atoms with E-state index in [9.17, 15) is 0 Å². The molecule has 0 aliphatic heterocycles. The van der Waals surface area contributed by atoms with Crippen molar-refractivity contribution in [1.29, 1.82) is 0 Å². The standard InChI is InChI=1S/C40H23NO2S/c1-2-9-25(10-3-1)41(26-15-17-30-29-12-6-7-13-33(29)42-35(30)22-26)27-16-18-31-37(23-27)44-36-21-19-32-38-28-11-5-4-8-24(28)14-20-34(38)43-40(32)39(31)36/h1-23H. The largest absolute Gasteiger partial charge is 0.456 e. The Morgan fingerprint density at radius 3 is 2.05 bits per heavy atom. The van der Waals surface area contributed by atoms with Crippen LogP contribution >= 0.6 is 11.3 Å². The van der Waals surface area contributed by atoms with Gasteiger partial charge in [-0.25, -0.2) is 0 Å². The van der Waals surface area contributed by atoms with Crippen LogP contribution in [0.3, 0.4) is 0 Å². The van der Waals surface area contributed by atoms with Crippen LogP contribution in [0.4, 0.5) is 17.1 Å². The molecule has 4 heteroatoms. The average Bonchev–Trinajstić information content (AvgIpc) is 3.76. The predicted molar refractivity (Wildman–Crippen MR) is 186 cm³/mol. The van der Waals surface area contributed by atoms with Gasteiger partial charge in [-0.15, -0.1) is 11.3 Å². The molecule has 3 aromatic heterocycles. The summed E-state index contributed by atoms with van der Waals surface area (Å²) in [5, 5.41) is 9.46. The second-order valence-corrected chi connectivity index (χ2v) is 12.4. The lowest BCUT2D eigenvalue weighted by molar-refractivity contribution is 0.669. The Balaban J connectivity index is 1.19. The SMILES string of the molecule is c1ccc(N(c2ccc3c(c2)oc2ccccc23)c2ccc3c(c2)sc2ccc4c(oc5ccc6ccccc6c54)c23)cc1. The van der Waals surface area contributed by atoms with Crippen LogP contribution in [0.1, 0.15) is 0 Å². The highest BCUT2D eigenvalue weighted by atomic mass is 32.1. The number of furan rings is 2. The van der Waals surface area contributed by atoms with E-state index in [4.69, 9.17) is 8.83 Å². The van der Waals surface area contributed by atoms with Crippen LogP contribution in [0.25, 0.3) is 74.8 Å². The molecule has 7 aromatic carbocycles. The molecule has 0 radical (unpaired) electrons. The maximum absolute atomic E-state index is 6.61. The van der Waals surface area contributed by atoms with Crippen molar-refractivity contribution < 1.29 is 8.83 Å². The zero-order valence-electron chi connectivity index (χ0n) is 23.5. The minimum Gasteiger partial charge on any atom is -0.456 e. The molecule has 3 nitrogen and oxygen atoms in total. The molecule has 0 unspecified atom stereocenters. The molecule has 0 aliphatic carbocycles. The fourth-order valence-electron chi connectivity index (χ4n) is 6.87. The van der Waals surface area contributed by atoms with Gasteiger partial charge >= 0.3 is 0 Å². The summed E-state index contributed by atoms with van der Waals surface area (Å²) in [6.45, 7) is 0. The normalized spacial score (nSPS) is 12.1. The van der Waals surface area contributed by atoms with Gasteiger partial charge in [0, 0.05) is 64.8 Å². The molecule has 0 N–H and O–H groups in total. The molecule has 10 aromatic rings. The molecule has 0 amide bonds. The second kappa shape index (κ2) is 8.96. The molecule has 0 fully saturated rings. The highest BCUT2D eigenvalue weighted by Gasteiger charge is 2.19. The van der Waals surface area contributed by atoms with Crippen LogP contribution in [0, 0.1) is 0 Å². The summed E-state index contributed by atoms with van der Waals surface area (Å²) in [7, 11) is 0. The van der Waals surface area contributed by atoms with Gasteiger partial charge in [-0.2, -0.15) is 0 Å². The Labute approximate surface area is 255 Å². The first-order valence-corrected chi connectivity index (χ1v) is 15.6. The minimum atomic E-state index is 0.882. The monoisotopic (exact) mass is 581 g/mol. The molecular formula is C40H23NO2S. The van der Waals surface area contributed by atoms with Crippen LogP contribution in [-0.2, 0) is 0 Å². The summed E-state index contributed by atoms with van der Waals surface area (Å²) in [4.78, 5) is 2.30. The van der Waals surface area contributed by atoms with Gasteiger partial charge in [-0.05, 0) is 71.4 Å². The van der Waals surface area contributed by atoms with Gasteiger partial charge in [-0.3, -0.25) is 0 Å². The lowest BCUT2D eigenvalue weighted by atomic mass is 10.0. The number of benzene rings is 7. The number of thiophene rings is 1. The van der Waals surface area contributed by atoms with Crippen LogP contribution in [-0.4, -0.2) is 0 Å². The number of hydrogen-bond donors (Lipinski definition) is 0. The van der Waals surface area contributed by atoms with Crippen LogP contribution in [0.2, 0.25) is 0 Å². The van der Waals surface area contributed by atoms with Gasteiger partial charge in [0.1, 0.15) is 22.3 Å². The Kier molecular flexibility index (Phi) is 4.87. The van der Waals surface area contributed by atoms with Crippen molar-refractivity contribution in [2.75, 3.05) is 4.90 Å². The van der Waals surface area contributed by atoms with E-state index in [-0.39, 0.29) is 0 Å². The molecule has 0 saturated carbocycles. The fraction of sp³-hybridized carbons (Fsp3) is 0. The second-order valence-electron chi connectivity index (χ2n) is 11.3. The highest BCUT2D eigenvalue weighted by Crippen LogP contribution is 2.46. The van der Waals surface area contributed by atoms with E-state index in [1.54, 1.807) is 0 Å². The van der Waals surface area contributed by atoms with Crippen molar-refractivity contribution in [2.45, 2.75) is 0 Å². The molecule has 3 heterocycles. The third-order valence-corrected chi connectivity index (χ3v) is 9.96. The van der Waals surface area contributed by atoms with Crippen molar-refractivity contribution in [3.05, 3.63) is 140 Å². The minimum absolute atomic E-state index is 0.882. The number of anilines is 3. The van der Waals surface area contributed by atoms with Gasteiger partial charge in [0.15, 0.2) is 0 Å². The van der Waals surface area contributed by atoms with Gasteiger partial charge in [-0.1, -0.05) is 72.8 Å². The topological polar surface area (TPSA) is 29.5 Å². The van der Waals surface area contributed by atoms with Crippen molar-refractivity contribution in [2.24, 2.45) is 0 Å². The molecule has 206 valence electrons. The molecule has 0 atom stereocenters. The van der Waals surface area contributed by atoms with E-state index in [1.165, 1.54) is 36.3 Å². The molecule has 0 saturated heterocycles. The molecule has 0 bridgehead atoms. The van der Waals surface area contributed by atoms with E-state index in [0.29, 0.717) is 0 Å². The first kappa shape index (κ1) is 23.9. The van der Waals surface area contributed by atoms with Crippen molar-refractivity contribution in [3.63, 3.8) is 0 Å². The lowest BCUT2D eigenvalue weighted by Gasteiger charge is -2.25. The molecule has 0 aliphatic rings. The smallest absolute Gasteiger partial charge is 0.144 e. The van der Waals surface area contributed by atoms with E-state index in [1.807, 2.05) is 23.5 Å². The Morgan fingerprint density at radius 2 is 1.14 bits per heavy atom. The highest BCUT2D eigenvalue weighted by molar-refractivity contribution is 7.26. The maximum Gasteiger partial charge on any atom is 0.144 e. The van der Waals surface area contributed by atoms with E-state index in [0.717, 1.165) is 55.6 Å². The van der Waals surface area contributed by atoms with Gasteiger partial charge in [0.2, 0.25) is 0 Å². The van der Waals surface area contributed by atoms with Gasteiger partial charge < -0.3 is 13.7 Å². The van der Waals surface area contributed by atoms with E-state index < -0.39 is 0 Å². The van der Waals surface area contributed by atoms with E-state index in [2.05, 4.69) is 132 Å². The van der Waals surface area contributed by atoms with E-state index >= 15 is 0 Å². The summed E-state index contributed by atoms with van der Waals surface area (Å²) in [5.41, 5.74) is 6.92. The molecule has 10 rings (SSSR count). The summed E-state index contributed by atoms with van der Waals surface area (Å²) in [5.74, 6) is 0. The number of fused-ring (bicyclic) bond motifs is 12. The zero-order valence-corrected chi connectivity index (χ0v) is 24.3.